The highest BCUT2D eigenvalue weighted by molar-refractivity contribution is 6.09. The number of anilines is 3. The first kappa shape index (κ1) is 23.8. The molecule has 0 spiro atoms. The summed E-state index contributed by atoms with van der Waals surface area (Å²) >= 11 is 0. The summed E-state index contributed by atoms with van der Waals surface area (Å²) in [6.45, 7) is 5.55. The van der Waals surface area contributed by atoms with Crippen molar-refractivity contribution in [2.75, 3.05) is 23.4 Å². The molecule has 43 heavy (non-hydrogen) atoms. The molecule has 0 atom stereocenters. The minimum Gasteiger partial charge on any atom is -0.355 e. The zero-order valence-corrected chi connectivity index (χ0v) is 24.6. The number of alkyl halides is 2. The summed E-state index contributed by atoms with van der Waals surface area (Å²) in [7, 11) is 0. The summed E-state index contributed by atoms with van der Waals surface area (Å²) < 4.78 is 60.1. The Labute approximate surface area is 255 Å². The van der Waals surface area contributed by atoms with Crippen molar-refractivity contribution in [2.45, 2.75) is 39.0 Å². The van der Waals surface area contributed by atoms with E-state index in [4.69, 9.17) is 4.11 Å². The van der Waals surface area contributed by atoms with Gasteiger partial charge in [-0.2, -0.15) is 8.78 Å². The number of benzene rings is 4. The third-order valence-electron chi connectivity index (χ3n) is 8.37. The number of rotatable bonds is 4. The number of fused-ring (bicyclic) bond motifs is 4. The van der Waals surface area contributed by atoms with Crippen LogP contribution in [-0.2, 0) is 11.3 Å². The maximum atomic E-state index is 16.9. The number of hydrogen-bond acceptors (Lipinski definition) is 3. The second-order valence-corrected chi connectivity index (χ2v) is 12.4. The van der Waals surface area contributed by atoms with Crippen LogP contribution in [0.15, 0.2) is 103 Å². The minimum atomic E-state index is -3.37. The van der Waals surface area contributed by atoms with Crippen LogP contribution in [0, 0.1) is 6.92 Å². The number of aromatic nitrogens is 2. The number of hydrogen-bond donors (Lipinski definition) is 0. The summed E-state index contributed by atoms with van der Waals surface area (Å²) in [5.41, 5.74) is 4.24. The van der Waals surface area contributed by atoms with Crippen LogP contribution in [0.1, 0.15) is 47.1 Å². The number of pyridine rings is 1. The van der Waals surface area contributed by atoms with Gasteiger partial charge >= 0.3 is 0 Å². The van der Waals surface area contributed by atoms with Gasteiger partial charge in [-0.05, 0) is 72.0 Å². The van der Waals surface area contributed by atoms with Crippen LogP contribution in [0.4, 0.5) is 25.8 Å². The van der Waals surface area contributed by atoms with E-state index >= 15 is 8.78 Å². The van der Waals surface area contributed by atoms with Gasteiger partial charge in [-0.1, -0.05) is 69.3 Å². The average Bonchev–Trinajstić information content (AvgIpc) is 3.57. The van der Waals surface area contributed by atoms with Crippen molar-refractivity contribution in [3.05, 3.63) is 126 Å². The van der Waals surface area contributed by atoms with Crippen molar-refractivity contribution in [2.24, 2.45) is 0 Å². The van der Waals surface area contributed by atoms with Gasteiger partial charge in [0.15, 0.2) is 0 Å². The predicted molar refractivity (Wildman–Crippen MR) is 173 cm³/mol. The Hall–Kier alpha value is -4.71. The molecule has 0 aliphatic carbocycles. The Morgan fingerprint density at radius 3 is 2.21 bits per heavy atom. The van der Waals surface area contributed by atoms with Crippen LogP contribution in [0.5, 0.6) is 0 Å². The van der Waals surface area contributed by atoms with Crippen LogP contribution in [0.3, 0.4) is 0 Å². The monoisotopic (exact) mass is 575 g/mol. The van der Waals surface area contributed by atoms with Crippen LogP contribution in [0.2, 0.25) is 0 Å². The highest BCUT2D eigenvalue weighted by atomic mass is 19.3. The first-order valence-corrected chi connectivity index (χ1v) is 14.4. The van der Waals surface area contributed by atoms with Gasteiger partial charge in [0.2, 0.25) is 0 Å². The van der Waals surface area contributed by atoms with E-state index in [0.29, 0.717) is 28.4 Å². The van der Waals surface area contributed by atoms with E-state index in [2.05, 4.69) is 4.98 Å². The molecule has 1 aliphatic heterocycles. The number of halogens is 2. The smallest absolute Gasteiger partial charge is 0.298 e. The lowest BCUT2D eigenvalue weighted by molar-refractivity contribution is 0.0428. The van der Waals surface area contributed by atoms with E-state index in [1.54, 1.807) is 41.4 Å². The molecule has 0 unspecified atom stereocenters. The van der Waals surface area contributed by atoms with Gasteiger partial charge < -0.3 is 9.80 Å². The lowest BCUT2D eigenvalue weighted by Gasteiger charge is -2.28. The van der Waals surface area contributed by atoms with Gasteiger partial charge in [0.25, 0.3) is 5.92 Å². The van der Waals surface area contributed by atoms with Crippen molar-refractivity contribution in [3.63, 3.8) is 0 Å². The molecule has 0 fully saturated rings. The maximum absolute atomic E-state index is 16.9. The summed E-state index contributed by atoms with van der Waals surface area (Å²) in [6.07, 6.45) is 1.78. The standard InChI is InChI=1S/C37H34F2N4/c1-24-14-17-35(40-22-24)43-31-11-7-6-10-29(31)30-16-15-25(21-34(30)43)37(38,39)27-18-26(36(2,3)4)19-28(20-27)42-23-41(5)32-12-8-9-13-33(32)42/h6-22H,23H2,1-5H3/i5D3. The Bertz CT molecular complexity index is 2110. The van der Waals surface area contributed by atoms with Crippen LogP contribution in [-0.4, -0.2) is 23.2 Å². The van der Waals surface area contributed by atoms with Gasteiger partial charge in [-0.25, -0.2) is 4.98 Å². The quantitative estimate of drug-likeness (QED) is 0.209. The largest absolute Gasteiger partial charge is 0.355 e. The molecule has 6 heteroatoms. The highest BCUT2D eigenvalue weighted by Crippen LogP contribution is 2.45. The minimum absolute atomic E-state index is 0.0179. The molecule has 1 aliphatic rings. The lowest BCUT2D eigenvalue weighted by atomic mass is 9.84. The van der Waals surface area contributed by atoms with E-state index in [9.17, 15) is 0 Å². The third kappa shape index (κ3) is 4.44. The molecule has 0 amide bonds. The molecule has 3 heterocycles. The fourth-order valence-corrected chi connectivity index (χ4v) is 5.99. The van der Waals surface area contributed by atoms with Crippen molar-refractivity contribution >= 4 is 38.9 Å². The highest BCUT2D eigenvalue weighted by Gasteiger charge is 2.37. The predicted octanol–water partition coefficient (Wildman–Crippen LogP) is 9.47. The van der Waals surface area contributed by atoms with Crippen molar-refractivity contribution in [3.8, 4) is 5.82 Å². The summed E-state index contributed by atoms with van der Waals surface area (Å²) in [5.74, 6) is -2.71. The van der Waals surface area contributed by atoms with Crippen LogP contribution >= 0.6 is 0 Å². The number of aryl methyl sites for hydroxylation is 1. The van der Waals surface area contributed by atoms with Gasteiger partial charge in [0.05, 0.1) is 29.1 Å². The van der Waals surface area contributed by atoms with Crippen LogP contribution in [0.25, 0.3) is 27.6 Å². The summed E-state index contributed by atoms with van der Waals surface area (Å²) in [5, 5.41) is 1.82. The van der Waals surface area contributed by atoms with Crippen molar-refractivity contribution < 1.29 is 12.9 Å². The number of nitrogens with zero attached hydrogens (tertiary/aromatic N) is 4. The van der Waals surface area contributed by atoms with E-state index in [0.717, 1.165) is 27.4 Å². The molecule has 6 aromatic rings. The molecule has 7 rings (SSSR count). The third-order valence-corrected chi connectivity index (χ3v) is 8.37. The fourth-order valence-electron chi connectivity index (χ4n) is 5.99. The molecule has 2 aromatic heterocycles. The van der Waals surface area contributed by atoms with Gasteiger partial charge in [-0.3, -0.25) is 4.57 Å². The van der Waals surface area contributed by atoms with Crippen molar-refractivity contribution in [1.82, 2.24) is 9.55 Å². The molecule has 0 bridgehead atoms. The number of para-hydroxylation sites is 3. The van der Waals surface area contributed by atoms with E-state index in [1.807, 2.05) is 86.9 Å². The second kappa shape index (κ2) is 9.66. The Morgan fingerprint density at radius 2 is 1.47 bits per heavy atom. The SMILES string of the molecule is [2H]C([2H])([2H])N1CN(c2cc(C(C)(C)C)cc(C(F)(F)c3ccc4c5ccccc5n(-c5ccc(C)cn5)c4c3)c2)c2ccccc21. The molecule has 4 nitrogen and oxygen atoms in total. The molecule has 0 saturated heterocycles. The van der Waals surface area contributed by atoms with E-state index in [-0.39, 0.29) is 17.8 Å². The fraction of sp³-hybridized carbons (Fsp3) is 0.216. The molecule has 0 radical (unpaired) electrons. The molecule has 0 saturated carbocycles. The van der Waals surface area contributed by atoms with Gasteiger partial charge in [0.1, 0.15) is 5.82 Å². The van der Waals surface area contributed by atoms with Crippen molar-refractivity contribution in [1.29, 1.82) is 0 Å². The van der Waals surface area contributed by atoms with Gasteiger partial charge in [0, 0.05) is 44.9 Å². The second-order valence-electron chi connectivity index (χ2n) is 12.4. The maximum Gasteiger partial charge on any atom is 0.298 e. The Kier molecular flexibility index (Phi) is 5.35. The Balaban J connectivity index is 1.40. The average molecular weight is 576 g/mol. The zero-order chi connectivity index (χ0) is 32.6. The Morgan fingerprint density at radius 1 is 0.744 bits per heavy atom. The molecular formula is C37H34F2N4. The lowest BCUT2D eigenvalue weighted by Crippen LogP contribution is -2.25. The van der Waals surface area contributed by atoms with Crippen LogP contribution < -0.4 is 9.80 Å². The molecule has 4 aromatic carbocycles. The summed E-state index contributed by atoms with van der Waals surface area (Å²) in [4.78, 5) is 7.77. The molecular weight excluding hydrogens is 538 g/mol. The molecule has 0 N–H and O–H groups in total. The molecule has 216 valence electrons. The van der Waals surface area contributed by atoms with Gasteiger partial charge in [-0.15, -0.1) is 0 Å². The summed E-state index contributed by atoms with van der Waals surface area (Å²) in [6, 6.07) is 28.7. The first-order chi connectivity index (χ1) is 21.7. The zero-order valence-electron chi connectivity index (χ0n) is 27.6. The van der Waals surface area contributed by atoms with E-state index in [1.165, 1.54) is 17.0 Å². The normalized spacial score (nSPS) is 15.1. The first-order valence-electron chi connectivity index (χ1n) is 15.9. The van der Waals surface area contributed by atoms with E-state index < -0.39 is 18.3 Å². The topological polar surface area (TPSA) is 24.3 Å².